The Labute approximate surface area is 209 Å². The van der Waals surface area contributed by atoms with Crippen LogP contribution in [-0.4, -0.2) is 24.5 Å². The lowest BCUT2D eigenvalue weighted by atomic mass is 10.1. The average Bonchev–Trinajstić information content (AvgIpc) is 3.29. The molecule has 8 heteroatoms. The molecule has 2 aromatic heterocycles. The molecule has 2 heterocycles. The fourth-order valence-electron chi connectivity index (χ4n) is 4.06. The summed E-state index contributed by atoms with van der Waals surface area (Å²) < 4.78 is 5.04. The van der Waals surface area contributed by atoms with Gasteiger partial charge in [0, 0.05) is 16.6 Å². The van der Waals surface area contributed by atoms with Gasteiger partial charge in [-0.2, -0.15) is 0 Å². The van der Waals surface area contributed by atoms with Crippen LogP contribution in [0.4, 0.5) is 0 Å². The molecule has 0 saturated carbocycles. The van der Waals surface area contributed by atoms with E-state index in [4.69, 9.17) is 0 Å². The van der Waals surface area contributed by atoms with Crippen LogP contribution in [-0.2, 0) is 19.6 Å². The lowest BCUT2D eigenvalue weighted by Crippen LogP contribution is -2.42. The second-order valence-electron chi connectivity index (χ2n) is 8.21. The number of benzene rings is 3. The fraction of sp³-hybridized carbons (Fsp3) is 0.111. The number of imidazole rings is 1. The van der Waals surface area contributed by atoms with Crippen LogP contribution in [0.25, 0.3) is 11.2 Å². The maximum Gasteiger partial charge on any atom is 0.333 e. The third-order valence-electron chi connectivity index (χ3n) is 5.83. The van der Waals surface area contributed by atoms with Gasteiger partial charge in [-0.25, -0.2) is 9.78 Å². The zero-order valence-corrected chi connectivity index (χ0v) is 20.3. The lowest BCUT2D eigenvalue weighted by molar-refractivity contribution is 0.0968. The van der Waals surface area contributed by atoms with Crippen LogP contribution in [0.1, 0.15) is 21.5 Å². The van der Waals surface area contributed by atoms with Gasteiger partial charge in [-0.05, 0) is 23.3 Å². The summed E-state index contributed by atoms with van der Waals surface area (Å²) in [5.74, 6) is -0.323. The van der Waals surface area contributed by atoms with Crippen molar-refractivity contribution in [1.82, 2.24) is 18.7 Å². The Morgan fingerprint density at radius 1 is 0.771 bits per heavy atom. The predicted molar refractivity (Wildman–Crippen MR) is 138 cm³/mol. The summed E-state index contributed by atoms with van der Waals surface area (Å²) in [5, 5.41) is 0. The van der Waals surface area contributed by atoms with Gasteiger partial charge in [0.1, 0.15) is 0 Å². The van der Waals surface area contributed by atoms with E-state index < -0.39 is 11.2 Å². The van der Waals surface area contributed by atoms with Gasteiger partial charge < -0.3 is 4.57 Å². The molecular weight excluding hydrogens is 508 g/mol. The van der Waals surface area contributed by atoms with Crippen molar-refractivity contribution in [2.45, 2.75) is 19.6 Å². The molecule has 0 spiro atoms. The maximum atomic E-state index is 13.6. The van der Waals surface area contributed by atoms with Crippen molar-refractivity contribution in [2.75, 3.05) is 0 Å². The number of carbonyl (C=O) groups excluding carboxylic acids is 1. The average molecular weight is 529 g/mol. The maximum absolute atomic E-state index is 13.6. The van der Waals surface area contributed by atoms with E-state index in [1.54, 1.807) is 35.2 Å². The van der Waals surface area contributed by atoms with Crippen LogP contribution < -0.4 is 11.2 Å². The van der Waals surface area contributed by atoms with Gasteiger partial charge in [-0.3, -0.25) is 18.7 Å². The first kappa shape index (κ1) is 22.7. The number of hydrogen-bond donors (Lipinski definition) is 0. The van der Waals surface area contributed by atoms with E-state index in [0.717, 1.165) is 20.2 Å². The number of Topliss-reactive ketones (excluding diaryl/α,β-unsaturated/α-hetero) is 1. The number of carbonyl (C=O) groups is 1. The largest absolute Gasteiger partial charge is 0.333 e. The fourth-order valence-corrected chi connectivity index (χ4v) is 4.32. The van der Waals surface area contributed by atoms with Crippen molar-refractivity contribution in [3.05, 3.63) is 133 Å². The monoisotopic (exact) mass is 528 g/mol. The molecular formula is C27H21BrN4O3. The highest BCUT2D eigenvalue weighted by Crippen LogP contribution is 2.14. The van der Waals surface area contributed by atoms with Gasteiger partial charge in [0.15, 0.2) is 16.9 Å². The minimum absolute atomic E-state index is 0.227. The van der Waals surface area contributed by atoms with Crippen LogP contribution in [0.2, 0.25) is 0 Å². The number of halogens is 1. The van der Waals surface area contributed by atoms with Crippen molar-refractivity contribution >= 4 is 32.9 Å². The second kappa shape index (κ2) is 9.68. The third-order valence-corrected chi connectivity index (χ3v) is 6.36. The summed E-state index contributed by atoms with van der Waals surface area (Å²) in [6.45, 7) is 0.280. The molecule has 0 N–H and O–H groups in total. The van der Waals surface area contributed by atoms with Gasteiger partial charge in [-0.1, -0.05) is 88.7 Å². The van der Waals surface area contributed by atoms with E-state index >= 15 is 0 Å². The van der Waals surface area contributed by atoms with Gasteiger partial charge >= 0.3 is 5.69 Å². The minimum Gasteiger partial charge on any atom is -0.320 e. The van der Waals surface area contributed by atoms with Crippen LogP contribution in [0.5, 0.6) is 0 Å². The molecule has 0 bridgehead atoms. The highest BCUT2D eigenvalue weighted by Gasteiger charge is 2.20. The molecule has 0 unspecified atom stereocenters. The molecule has 0 radical (unpaired) electrons. The van der Waals surface area contributed by atoms with Gasteiger partial charge in [0.2, 0.25) is 0 Å². The van der Waals surface area contributed by atoms with Crippen LogP contribution in [0.3, 0.4) is 0 Å². The van der Waals surface area contributed by atoms with Crippen LogP contribution in [0.15, 0.2) is 105 Å². The Hall–Kier alpha value is -4.04. The predicted octanol–water partition coefficient (Wildman–Crippen LogP) is 4.10. The quantitative estimate of drug-likeness (QED) is 0.298. The summed E-state index contributed by atoms with van der Waals surface area (Å²) in [7, 11) is 0. The number of ketones is 1. The zero-order valence-electron chi connectivity index (χ0n) is 18.7. The van der Waals surface area contributed by atoms with E-state index in [1.165, 1.54) is 4.57 Å². The Kier molecular flexibility index (Phi) is 6.29. The summed E-state index contributed by atoms with van der Waals surface area (Å²) in [4.78, 5) is 44.5. The SMILES string of the molecule is O=C(Cn1c(=O)c2c(ncn2Cc2ccccc2)n(Cc2ccccc2)c1=O)c1ccc(Br)cc1. The zero-order chi connectivity index (χ0) is 24.4. The van der Waals surface area contributed by atoms with Gasteiger partial charge in [0.05, 0.1) is 19.4 Å². The summed E-state index contributed by atoms with van der Waals surface area (Å²) in [5.41, 5.74) is 1.78. The molecule has 5 rings (SSSR count). The summed E-state index contributed by atoms with van der Waals surface area (Å²) >= 11 is 3.35. The smallest absolute Gasteiger partial charge is 0.320 e. The molecule has 0 amide bonds. The number of aromatic nitrogens is 4. The van der Waals surface area contributed by atoms with E-state index in [0.29, 0.717) is 17.8 Å². The highest BCUT2D eigenvalue weighted by molar-refractivity contribution is 9.10. The second-order valence-corrected chi connectivity index (χ2v) is 9.12. The molecule has 0 aliphatic rings. The lowest BCUT2D eigenvalue weighted by Gasteiger charge is -2.13. The van der Waals surface area contributed by atoms with Crippen molar-refractivity contribution < 1.29 is 4.79 Å². The first-order valence-electron chi connectivity index (χ1n) is 11.1. The topological polar surface area (TPSA) is 78.9 Å². The van der Waals surface area contributed by atoms with E-state index in [9.17, 15) is 14.4 Å². The molecule has 7 nitrogen and oxygen atoms in total. The van der Waals surface area contributed by atoms with Gasteiger partial charge in [-0.15, -0.1) is 0 Å². The Morgan fingerprint density at radius 3 is 2.00 bits per heavy atom. The van der Waals surface area contributed by atoms with Crippen LogP contribution in [0, 0.1) is 0 Å². The molecule has 35 heavy (non-hydrogen) atoms. The standard InChI is InChI=1S/C27H21BrN4O3/c28-22-13-11-21(12-14-22)23(33)17-32-26(34)24-25(29-18-30(24)15-19-7-3-1-4-8-19)31(27(32)35)16-20-9-5-2-6-10-20/h1-14,18H,15-17H2. The summed E-state index contributed by atoms with van der Waals surface area (Å²) in [6, 6.07) is 26.0. The van der Waals surface area contributed by atoms with Crippen molar-refractivity contribution in [1.29, 1.82) is 0 Å². The molecule has 0 aliphatic carbocycles. The Bertz CT molecular complexity index is 1620. The molecule has 174 valence electrons. The molecule has 3 aromatic carbocycles. The Balaban J connectivity index is 1.65. The molecule has 0 aliphatic heterocycles. The third kappa shape index (κ3) is 4.65. The molecule has 5 aromatic rings. The number of fused-ring (bicyclic) bond motifs is 1. The summed E-state index contributed by atoms with van der Waals surface area (Å²) in [6.07, 6.45) is 1.57. The molecule has 0 saturated heterocycles. The molecule has 0 atom stereocenters. The first-order chi connectivity index (χ1) is 17.0. The Morgan fingerprint density at radius 2 is 1.37 bits per heavy atom. The van der Waals surface area contributed by atoms with Gasteiger partial charge in [0.25, 0.3) is 5.56 Å². The van der Waals surface area contributed by atoms with E-state index in [1.807, 2.05) is 60.7 Å². The minimum atomic E-state index is -0.568. The number of nitrogens with zero attached hydrogens (tertiary/aromatic N) is 4. The van der Waals surface area contributed by atoms with E-state index in [-0.39, 0.29) is 24.4 Å². The van der Waals surface area contributed by atoms with Crippen LogP contribution >= 0.6 is 15.9 Å². The first-order valence-corrected chi connectivity index (χ1v) is 11.9. The number of rotatable bonds is 7. The van der Waals surface area contributed by atoms with Crippen molar-refractivity contribution in [2.24, 2.45) is 0 Å². The molecule has 0 fully saturated rings. The highest BCUT2D eigenvalue weighted by atomic mass is 79.9. The number of hydrogen-bond acceptors (Lipinski definition) is 4. The van der Waals surface area contributed by atoms with Crippen molar-refractivity contribution in [3.63, 3.8) is 0 Å². The normalized spacial score (nSPS) is 11.1. The van der Waals surface area contributed by atoms with Crippen molar-refractivity contribution in [3.8, 4) is 0 Å². The van der Waals surface area contributed by atoms with E-state index in [2.05, 4.69) is 20.9 Å².